The van der Waals surface area contributed by atoms with Gasteiger partial charge in [-0.3, -0.25) is 19.3 Å². The molecule has 0 radical (unpaired) electrons. The number of nitrogens with one attached hydrogen (secondary N) is 1. The van der Waals surface area contributed by atoms with Crippen LogP contribution in [0.3, 0.4) is 0 Å². The Labute approximate surface area is 135 Å². The van der Waals surface area contributed by atoms with Gasteiger partial charge in [-0.15, -0.1) is 0 Å². The summed E-state index contributed by atoms with van der Waals surface area (Å²) < 4.78 is 6.34. The summed E-state index contributed by atoms with van der Waals surface area (Å²) in [6.45, 7) is -0.503. The molecule has 9 heteroatoms. The van der Waals surface area contributed by atoms with Gasteiger partial charge in [0.15, 0.2) is 6.23 Å². The molecular formula is C15H17N3O6. The van der Waals surface area contributed by atoms with E-state index in [1.54, 1.807) is 24.5 Å². The van der Waals surface area contributed by atoms with Crippen molar-refractivity contribution in [3.8, 4) is 0 Å². The summed E-state index contributed by atoms with van der Waals surface area (Å²) in [5, 5.41) is 29.0. The van der Waals surface area contributed by atoms with Crippen LogP contribution in [0.2, 0.25) is 0 Å². The molecule has 2 unspecified atom stereocenters. The van der Waals surface area contributed by atoms with Crippen LogP contribution in [-0.4, -0.2) is 54.8 Å². The number of aromatic nitrogens is 3. The van der Waals surface area contributed by atoms with Gasteiger partial charge in [0.2, 0.25) is 0 Å². The van der Waals surface area contributed by atoms with Crippen molar-refractivity contribution in [3.63, 3.8) is 0 Å². The van der Waals surface area contributed by atoms with E-state index in [0.717, 1.165) is 10.1 Å². The first-order valence-electron chi connectivity index (χ1n) is 7.37. The Morgan fingerprint density at radius 2 is 1.92 bits per heavy atom. The fraction of sp³-hybridized carbons (Fsp3) is 0.400. The molecule has 2 aromatic rings. The summed E-state index contributed by atoms with van der Waals surface area (Å²) in [4.78, 5) is 30.1. The van der Waals surface area contributed by atoms with Crippen LogP contribution in [0.15, 0.2) is 40.3 Å². The average molecular weight is 335 g/mol. The topological polar surface area (TPSA) is 138 Å². The number of aromatic amines is 1. The number of ether oxygens (including phenoxy) is 1. The Morgan fingerprint density at radius 3 is 2.54 bits per heavy atom. The van der Waals surface area contributed by atoms with Crippen LogP contribution >= 0.6 is 0 Å². The molecule has 0 aromatic carbocycles. The minimum Gasteiger partial charge on any atom is -0.394 e. The van der Waals surface area contributed by atoms with E-state index in [1.807, 2.05) is 0 Å². The van der Waals surface area contributed by atoms with Crippen LogP contribution in [0.25, 0.3) is 0 Å². The van der Waals surface area contributed by atoms with E-state index in [4.69, 9.17) is 9.84 Å². The first kappa shape index (κ1) is 16.5. The van der Waals surface area contributed by atoms with Crippen molar-refractivity contribution >= 4 is 0 Å². The number of hydrogen-bond donors (Lipinski definition) is 4. The van der Waals surface area contributed by atoms with Crippen LogP contribution in [0.4, 0.5) is 0 Å². The van der Waals surface area contributed by atoms with Crippen LogP contribution in [0.1, 0.15) is 17.4 Å². The SMILES string of the molecule is O=c1[nH]c(=O)n([C@H]2O[C@@H](CO)C(O)C2O)cc1Cc1ccncc1. The minimum atomic E-state index is -1.40. The maximum atomic E-state index is 12.0. The molecule has 1 fully saturated rings. The van der Waals surface area contributed by atoms with Crippen LogP contribution < -0.4 is 11.2 Å². The molecule has 0 bridgehead atoms. The van der Waals surface area contributed by atoms with E-state index >= 15 is 0 Å². The van der Waals surface area contributed by atoms with Gasteiger partial charge in [-0.2, -0.15) is 0 Å². The molecule has 0 aliphatic carbocycles. The summed E-state index contributed by atoms with van der Waals surface area (Å²) in [6, 6.07) is 3.47. The zero-order chi connectivity index (χ0) is 17.3. The highest BCUT2D eigenvalue weighted by molar-refractivity contribution is 5.20. The Balaban J connectivity index is 1.96. The molecule has 0 amide bonds. The molecule has 4 N–H and O–H groups in total. The molecule has 128 valence electrons. The second kappa shape index (κ2) is 6.65. The normalized spacial score (nSPS) is 26.6. The van der Waals surface area contributed by atoms with E-state index in [1.165, 1.54) is 6.20 Å². The van der Waals surface area contributed by atoms with Gasteiger partial charge >= 0.3 is 5.69 Å². The number of nitrogens with zero attached hydrogens (tertiary/aromatic N) is 2. The second-order valence-corrected chi connectivity index (χ2v) is 5.58. The van der Waals surface area contributed by atoms with Crippen molar-refractivity contribution in [1.82, 2.24) is 14.5 Å². The minimum absolute atomic E-state index is 0.257. The van der Waals surface area contributed by atoms with Gasteiger partial charge in [0.1, 0.15) is 18.3 Å². The zero-order valence-electron chi connectivity index (χ0n) is 12.6. The van der Waals surface area contributed by atoms with E-state index in [-0.39, 0.29) is 6.42 Å². The van der Waals surface area contributed by atoms with E-state index in [0.29, 0.717) is 5.56 Å². The molecular weight excluding hydrogens is 318 g/mol. The van der Waals surface area contributed by atoms with Crippen molar-refractivity contribution in [2.75, 3.05) is 6.61 Å². The highest BCUT2D eigenvalue weighted by Crippen LogP contribution is 2.28. The average Bonchev–Trinajstić information content (AvgIpc) is 2.86. The Bertz CT molecular complexity index is 818. The van der Waals surface area contributed by atoms with Crippen molar-refractivity contribution in [2.45, 2.75) is 31.0 Å². The fourth-order valence-electron chi connectivity index (χ4n) is 2.67. The molecule has 1 aliphatic heterocycles. The molecule has 3 rings (SSSR count). The Morgan fingerprint density at radius 1 is 1.21 bits per heavy atom. The smallest absolute Gasteiger partial charge is 0.330 e. The van der Waals surface area contributed by atoms with Crippen LogP contribution in [-0.2, 0) is 11.2 Å². The quantitative estimate of drug-likeness (QED) is 0.514. The standard InChI is InChI=1S/C15H17N3O6/c19-7-10-11(20)12(21)14(24-10)18-6-9(13(22)17-15(18)23)5-8-1-3-16-4-2-8/h1-4,6,10-12,14,19-21H,5,7H2,(H,17,22,23)/t10-,11?,12?,14-/m0/s1. The highest BCUT2D eigenvalue weighted by atomic mass is 16.6. The number of aliphatic hydroxyl groups excluding tert-OH is 3. The molecule has 2 aromatic heterocycles. The van der Waals surface area contributed by atoms with Gasteiger partial charge in [-0.05, 0) is 17.7 Å². The molecule has 0 spiro atoms. The summed E-state index contributed by atoms with van der Waals surface area (Å²) >= 11 is 0. The Hall–Kier alpha value is -2.33. The summed E-state index contributed by atoms with van der Waals surface area (Å²) in [7, 11) is 0. The van der Waals surface area contributed by atoms with Gasteiger partial charge in [-0.25, -0.2) is 4.79 Å². The first-order valence-corrected chi connectivity index (χ1v) is 7.37. The number of pyridine rings is 1. The molecule has 1 aliphatic rings. The van der Waals surface area contributed by atoms with Gasteiger partial charge in [-0.1, -0.05) is 0 Å². The molecule has 24 heavy (non-hydrogen) atoms. The largest absolute Gasteiger partial charge is 0.394 e. The fourth-order valence-corrected chi connectivity index (χ4v) is 2.67. The lowest BCUT2D eigenvalue weighted by molar-refractivity contribution is -0.0551. The third kappa shape index (κ3) is 3.02. The van der Waals surface area contributed by atoms with Crippen LogP contribution in [0, 0.1) is 0 Å². The maximum Gasteiger partial charge on any atom is 0.330 e. The monoisotopic (exact) mass is 335 g/mol. The summed E-state index contributed by atoms with van der Waals surface area (Å²) in [5.74, 6) is 0. The summed E-state index contributed by atoms with van der Waals surface area (Å²) in [5.41, 5.74) is -0.200. The number of hydrogen-bond acceptors (Lipinski definition) is 7. The first-order chi connectivity index (χ1) is 11.5. The van der Waals surface area contributed by atoms with Gasteiger partial charge in [0.25, 0.3) is 5.56 Å². The predicted molar refractivity (Wildman–Crippen MR) is 81.4 cm³/mol. The van der Waals surface area contributed by atoms with Gasteiger partial charge < -0.3 is 20.1 Å². The van der Waals surface area contributed by atoms with Crippen LogP contribution in [0.5, 0.6) is 0 Å². The molecule has 1 saturated heterocycles. The maximum absolute atomic E-state index is 12.0. The van der Waals surface area contributed by atoms with Crippen molar-refractivity contribution in [2.24, 2.45) is 0 Å². The molecule has 3 heterocycles. The van der Waals surface area contributed by atoms with E-state index < -0.39 is 42.4 Å². The second-order valence-electron chi connectivity index (χ2n) is 5.58. The van der Waals surface area contributed by atoms with Gasteiger partial charge in [0, 0.05) is 30.6 Å². The third-order valence-electron chi connectivity index (χ3n) is 3.98. The van der Waals surface area contributed by atoms with Crippen molar-refractivity contribution in [1.29, 1.82) is 0 Å². The number of rotatable bonds is 4. The Kier molecular flexibility index (Phi) is 4.58. The predicted octanol–water partition coefficient (Wildman–Crippen LogP) is -1.87. The highest BCUT2D eigenvalue weighted by Gasteiger charge is 2.43. The zero-order valence-corrected chi connectivity index (χ0v) is 12.6. The number of H-pyrrole nitrogens is 1. The van der Waals surface area contributed by atoms with E-state index in [2.05, 4.69) is 9.97 Å². The van der Waals surface area contributed by atoms with E-state index in [9.17, 15) is 19.8 Å². The van der Waals surface area contributed by atoms with Crippen molar-refractivity contribution in [3.05, 3.63) is 62.7 Å². The van der Waals surface area contributed by atoms with Crippen molar-refractivity contribution < 1.29 is 20.1 Å². The molecule has 9 nitrogen and oxygen atoms in total. The molecule has 0 saturated carbocycles. The lowest BCUT2D eigenvalue weighted by Crippen LogP contribution is -2.39. The lowest BCUT2D eigenvalue weighted by Gasteiger charge is -2.18. The number of aliphatic hydroxyl groups is 3. The van der Waals surface area contributed by atoms with Gasteiger partial charge in [0.05, 0.1) is 6.61 Å². The lowest BCUT2D eigenvalue weighted by atomic mass is 10.1. The third-order valence-corrected chi connectivity index (χ3v) is 3.98. The summed E-state index contributed by atoms with van der Waals surface area (Å²) in [6.07, 6.45) is -0.210. The molecule has 4 atom stereocenters.